The van der Waals surface area contributed by atoms with Crippen LogP contribution >= 0.6 is 0 Å². The third-order valence-corrected chi connectivity index (χ3v) is 6.44. The van der Waals surface area contributed by atoms with E-state index >= 15 is 0 Å². The average molecular weight is 370 g/mol. The normalized spacial score (nSPS) is 25.3. The van der Waals surface area contributed by atoms with E-state index < -0.39 is 16.7 Å². The van der Waals surface area contributed by atoms with Crippen LogP contribution in [0.3, 0.4) is 0 Å². The Hall–Kier alpha value is -1.67. The zero-order chi connectivity index (χ0) is 17.9. The van der Waals surface area contributed by atoms with Gasteiger partial charge in [-0.25, -0.2) is 22.3 Å². The van der Waals surface area contributed by atoms with Gasteiger partial charge in [0.1, 0.15) is 13.3 Å². The maximum absolute atomic E-state index is 12.5. The first-order valence-electron chi connectivity index (χ1n) is 8.52. The maximum atomic E-state index is 12.5. The highest BCUT2D eigenvalue weighted by molar-refractivity contribution is 7.89. The number of fused-ring (bicyclic) bond motifs is 2. The van der Waals surface area contributed by atoms with Crippen molar-refractivity contribution in [2.24, 2.45) is 5.92 Å². The molecule has 2 bridgehead atoms. The van der Waals surface area contributed by atoms with Crippen LogP contribution in [0.4, 0.5) is 9.18 Å². The van der Waals surface area contributed by atoms with Crippen LogP contribution in [0.25, 0.3) is 0 Å². The molecule has 3 unspecified atom stereocenters. The van der Waals surface area contributed by atoms with Gasteiger partial charge < -0.3 is 9.64 Å². The molecule has 1 aromatic rings. The van der Waals surface area contributed by atoms with Crippen LogP contribution in [0.1, 0.15) is 24.8 Å². The van der Waals surface area contributed by atoms with Crippen LogP contribution in [0.5, 0.6) is 0 Å². The molecule has 138 valence electrons. The van der Waals surface area contributed by atoms with Crippen molar-refractivity contribution < 1.29 is 22.3 Å². The lowest BCUT2D eigenvalue weighted by Crippen LogP contribution is -2.39. The van der Waals surface area contributed by atoms with E-state index in [1.54, 1.807) is 4.90 Å². The lowest BCUT2D eigenvalue weighted by Gasteiger charge is -2.24. The summed E-state index contributed by atoms with van der Waals surface area (Å²) in [6.45, 7) is -0.726. The van der Waals surface area contributed by atoms with Crippen molar-refractivity contribution in [2.45, 2.75) is 38.0 Å². The Morgan fingerprint density at radius 1 is 1.28 bits per heavy atom. The summed E-state index contributed by atoms with van der Waals surface area (Å²) in [5.74, 6) is -0.198. The number of rotatable bonds is 7. The second kappa shape index (κ2) is 7.70. The standard InChI is InChI=1S/C17H23FN2O4S/c18-8-9-19-25(22,23)12-14-10-15-6-7-16(14)20(15)17(21)24-11-13-4-2-1-3-5-13/h1-5,14-16,19H,6-12H2. The highest BCUT2D eigenvalue weighted by Gasteiger charge is 2.50. The number of halogens is 1. The molecular weight excluding hydrogens is 347 g/mol. The van der Waals surface area contributed by atoms with Gasteiger partial charge in [-0.05, 0) is 30.7 Å². The number of hydrogen-bond donors (Lipinski definition) is 1. The number of amides is 1. The summed E-state index contributed by atoms with van der Waals surface area (Å²) in [7, 11) is -3.52. The van der Waals surface area contributed by atoms with E-state index in [4.69, 9.17) is 4.74 Å². The van der Waals surface area contributed by atoms with Crippen LogP contribution in [0.2, 0.25) is 0 Å². The Balaban J connectivity index is 1.57. The lowest BCUT2D eigenvalue weighted by molar-refractivity contribution is 0.0890. The SMILES string of the molecule is O=C(OCc1ccccc1)N1C2CCC1C(CS(=O)(=O)NCCF)C2. The molecule has 6 nitrogen and oxygen atoms in total. The molecule has 8 heteroatoms. The number of alkyl halides is 1. The lowest BCUT2D eigenvalue weighted by atomic mass is 9.91. The van der Waals surface area contributed by atoms with Gasteiger partial charge >= 0.3 is 6.09 Å². The molecule has 0 spiro atoms. The molecule has 1 N–H and O–H groups in total. The third kappa shape index (κ3) is 4.30. The van der Waals surface area contributed by atoms with Gasteiger partial charge in [-0.1, -0.05) is 30.3 Å². The summed E-state index contributed by atoms with van der Waals surface area (Å²) in [4.78, 5) is 14.2. The van der Waals surface area contributed by atoms with Gasteiger partial charge in [-0.3, -0.25) is 0 Å². The van der Waals surface area contributed by atoms with E-state index in [2.05, 4.69) is 4.72 Å². The fourth-order valence-corrected chi connectivity index (χ4v) is 5.33. The molecule has 0 aromatic heterocycles. The predicted molar refractivity (Wildman–Crippen MR) is 91.1 cm³/mol. The van der Waals surface area contributed by atoms with Crippen molar-refractivity contribution in [1.29, 1.82) is 0 Å². The monoisotopic (exact) mass is 370 g/mol. The minimum atomic E-state index is -3.52. The molecule has 1 aromatic carbocycles. The van der Waals surface area contributed by atoms with E-state index in [-0.39, 0.29) is 43.0 Å². The second-order valence-electron chi connectivity index (χ2n) is 6.61. The molecule has 2 heterocycles. The number of benzene rings is 1. The summed E-state index contributed by atoms with van der Waals surface area (Å²) in [5.41, 5.74) is 0.914. The summed E-state index contributed by atoms with van der Waals surface area (Å²) < 4.78 is 43.8. The average Bonchev–Trinajstić information content (AvgIpc) is 3.16. The first-order chi connectivity index (χ1) is 12.0. The number of hydrogen-bond acceptors (Lipinski definition) is 4. The van der Waals surface area contributed by atoms with Crippen LogP contribution in [-0.2, 0) is 21.4 Å². The predicted octanol–water partition coefficient (Wildman–Crippen LogP) is 2.07. The maximum Gasteiger partial charge on any atom is 0.410 e. The highest BCUT2D eigenvalue weighted by Crippen LogP contribution is 2.42. The first-order valence-corrected chi connectivity index (χ1v) is 10.2. The van der Waals surface area contributed by atoms with Crippen LogP contribution in [0, 0.1) is 5.92 Å². The Morgan fingerprint density at radius 2 is 2.04 bits per heavy atom. The van der Waals surface area contributed by atoms with Gasteiger partial charge in [0.2, 0.25) is 10.0 Å². The Labute approximate surface area is 147 Å². The summed E-state index contributed by atoms with van der Waals surface area (Å²) in [6.07, 6.45) is 1.93. The van der Waals surface area contributed by atoms with Gasteiger partial charge in [-0.2, -0.15) is 0 Å². The Morgan fingerprint density at radius 3 is 2.76 bits per heavy atom. The second-order valence-corrected chi connectivity index (χ2v) is 8.46. The van der Waals surface area contributed by atoms with Crippen LogP contribution in [0.15, 0.2) is 30.3 Å². The molecule has 0 radical (unpaired) electrons. The highest BCUT2D eigenvalue weighted by atomic mass is 32.2. The first kappa shape index (κ1) is 18.1. The number of nitrogens with one attached hydrogen (secondary N) is 1. The number of nitrogens with zero attached hydrogens (tertiary/aromatic N) is 1. The van der Waals surface area contributed by atoms with Crippen LogP contribution in [-0.4, -0.2) is 50.5 Å². The molecule has 2 aliphatic rings. The van der Waals surface area contributed by atoms with Crippen molar-refractivity contribution in [2.75, 3.05) is 19.0 Å². The van der Waals surface area contributed by atoms with Crippen molar-refractivity contribution in [3.8, 4) is 0 Å². The number of ether oxygens (including phenoxy) is 1. The molecular formula is C17H23FN2O4S. The minimum Gasteiger partial charge on any atom is -0.445 e. The zero-order valence-electron chi connectivity index (χ0n) is 13.9. The van der Waals surface area contributed by atoms with Crippen molar-refractivity contribution >= 4 is 16.1 Å². The third-order valence-electron chi connectivity index (χ3n) is 4.93. The smallest absolute Gasteiger partial charge is 0.410 e. The Bertz CT molecular complexity index is 698. The number of carbonyl (C=O) groups excluding carboxylic acids is 1. The van der Waals surface area contributed by atoms with Gasteiger partial charge in [-0.15, -0.1) is 0 Å². The number of carbonyl (C=O) groups is 1. The van der Waals surface area contributed by atoms with E-state index in [1.807, 2.05) is 30.3 Å². The summed E-state index contributed by atoms with van der Waals surface area (Å²) in [6, 6.07) is 9.36. The molecule has 2 fully saturated rings. The van der Waals surface area contributed by atoms with Gasteiger partial charge in [0.25, 0.3) is 0 Å². The van der Waals surface area contributed by atoms with Crippen molar-refractivity contribution in [3.05, 3.63) is 35.9 Å². The van der Waals surface area contributed by atoms with Gasteiger partial charge in [0.15, 0.2) is 0 Å². The quantitative estimate of drug-likeness (QED) is 0.797. The molecule has 3 rings (SSSR count). The summed E-state index contributed by atoms with van der Waals surface area (Å²) >= 11 is 0. The zero-order valence-corrected chi connectivity index (χ0v) is 14.8. The number of sulfonamides is 1. The molecule has 2 saturated heterocycles. The van der Waals surface area contributed by atoms with Crippen molar-refractivity contribution in [1.82, 2.24) is 9.62 Å². The van der Waals surface area contributed by atoms with E-state index in [0.717, 1.165) is 18.4 Å². The molecule has 0 aliphatic carbocycles. The van der Waals surface area contributed by atoms with E-state index in [0.29, 0.717) is 6.42 Å². The molecule has 25 heavy (non-hydrogen) atoms. The fourth-order valence-electron chi connectivity index (χ4n) is 3.91. The molecule has 1 amide bonds. The van der Waals surface area contributed by atoms with E-state index in [1.165, 1.54) is 0 Å². The van der Waals surface area contributed by atoms with Gasteiger partial charge in [0.05, 0.1) is 5.75 Å². The largest absolute Gasteiger partial charge is 0.445 e. The van der Waals surface area contributed by atoms with E-state index in [9.17, 15) is 17.6 Å². The van der Waals surface area contributed by atoms with Gasteiger partial charge in [0, 0.05) is 18.6 Å². The fraction of sp³-hybridized carbons (Fsp3) is 0.588. The molecule has 2 aliphatic heterocycles. The Kier molecular flexibility index (Phi) is 5.58. The molecule has 0 saturated carbocycles. The minimum absolute atomic E-state index is 0.0367. The van der Waals surface area contributed by atoms with Crippen LogP contribution < -0.4 is 4.72 Å². The molecule has 3 atom stereocenters. The topological polar surface area (TPSA) is 75.7 Å². The summed E-state index contributed by atoms with van der Waals surface area (Å²) in [5, 5.41) is 0. The van der Waals surface area contributed by atoms with Crippen molar-refractivity contribution in [3.63, 3.8) is 0 Å².